The van der Waals surface area contributed by atoms with Crippen LogP contribution in [-0.4, -0.2) is 17.7 Å². The van der Waals surface area contributed by atoms with Gasteiger partial charge >= 0.3 is 6.09 Å². The summed E-state index contributed by atoms with van der Waals surface area (Å²) in [6, 6.07) is 0.0102. The van der Waals surface area contributed by atoms with Crippen LogP contribution in [0.15, 0.2) is 25.3 Å². The van der Waals surface area contributed by atoms with Crippen LogP contribution in [0.1, 0.15) is 19.8 Å². The van der Waals surface area contributed by atoms with E-state index in [1.807, 2.05) is 6.92 Å². The molecular weight excluding hydrogens is 166 g/mol. The van der Waals surface area contributed by atoms with Gasteiger partial charge in [0.1, 0.15) is 5.60 Å². The van der Waals surface area contributed by atoms with Crippen molar-refractivity contribution in [2.45, 2.75) is 31.4 Å². The third kappa shape index (κ3) is 1.74. The Morgan fingerprint density at radius 1 is 1.54 bits per heavy atom. The second kappa shape index (κ2) is 3.64. The van der Waals surface area contributed by atoms with Gasteiger partial charge in [-0.3, -0.25) is 0 Å². The van der Waals surface area contributed by atoms with E-state index in [0.29, 0.717) is 12.8 Å². The molecule has 0 spiro atoms. The van der Waals surface area contributed by atoms with Crippen molar-refractivity contribution in [1.82, 2.24) is 5.32 Å². The van der Waals surface area contributed by atoms with Crippen molar-refractivity contribution < 1.29 is 9.53 Å². The molecule has 0 aromatic heterocycles. The molecule has 1 rings (SSSR count). The summed E-state index contributed by atoms with van der Waals surface area (Å²) in [7, 11) is 0. The number of hydrogen-bond donors (Lipinski definition) is 1. The van der Waals surface area contributed by atoms with E-state index in [1.165, 1.54) is 0 Å². The topological polar surface area (TPSA) is 38.3 Å². The molecule has 1 fully saturated rings. The Balaban J connectivity index is 2.82. The SMILES string of the molecule is C=CCC1(CC=C)OC(=O)NC1C. The fourth-order valence-electron chi connectivity index (χ4n) is 1.62. The largest absolute Gasteiger partial charge is 0.440 e. The zero-order valence-corrected chi connectivity index (χ0v) is 7.88. The number of nitrogens with one attached hydrogen (secondary N) is 1. The number of amides is 1. The van der Waals surface area contributed by atoms with E-state index in [-0.39, 0.29) is 12.1 Å². The smallest absolute Gasteiger partial charge is 0.408 e. The molecule has 0 bridgehead atoms. The van der Waals surface area contributed by atoms with E-state index < -0.39 is 5.60 Å². The van der Waals surface area contributed by atoms with Gasteiger partial charge in [-0.15, -0.1) is 13.2 Å². The van der Waals surface area contributed by atoms with Gasteiger partial charge in [-0.1, -0.05) is 12.2 Å². The summed E-state index contributed by atoms with van der Waals surface area (Å²) in [6.45, 7) is 9.24. The van der Waals surface area contributed by atoms with Crippen LogP contribution in [-0.2, 0) is 4.74 Å². The highest BCUT2D eigenvalue weighted by atomic mass is 16.6. The van der Waals surface area contributed by atoms with E-state index in [2.05, 4.69) is 18.5 Å². The highest BCUT2D eigenvalue weighted by molar-refractivity contribution is 5.71. The summed E-state index contributed by atoms with van der Waals surface area (Å²) in [4.78, 5) is 11.0. The third-order valence-corrected chi connectivity index (χ3v) is 2.40. The molecule has 0 saturated carbocycles. The van der Waals surface area contributed by atoms with Crippen LogP contribution in [0.4, 0.5) is 4.79 Å². The van der Waals surface area contributed by atoms with E-state index in [0.717, 1.165) is 0 Å². The monoisotopic (exact) mass is 181 g/mol. The van der Waals surface area contributed by atoms with Gasteiger partial charge < -0.3 is 10.1 Å². The molecule has 0 aliphatic carbocycles. The zero-order chi connectivity index (χ0) is 9.90. The Labute approximate surface area is 78.5 Å². The third-order valence-electron chi connectivity index (χ3n) is 2.40. The maximum Gasteiger partial charge on any atom is 0.408 e. The molecule has 0 aromatic carbocycles. The van der Waals surface area contributed by atoms with Gasteiger partial charge in [0.2, 0.25) is 0 Å². The molecule has 13 heavy (non-hydrogen) atoms. The summed E-state index contributed by atoms with van der Waals surface area (Å²) in [5, 5.41) is 2.72. The van der Waals surface area contributed by atoms with Gasteiger partial charge in [0.05, 0.1) is 6.04 Å². The summed E-state index contributed by atoms with van der Waals surface area (Å²) in [5.41, 5.74) is -0.472. The molecule has 3 nitrogen and oxygen atoms in total. The van der Waals surface area contributed by atoms with Crippen molar-refractivity contribution in [3.05, 3.63) is 25.3 Å². The van der Waals surface area contributed by atoms with E-state index in [9.17, 15) is 4.79 Å². The molecule has 0 aromatic rings. The van der Waals surface area contributed by atoms with E-state index >= 15 is 0 Å². The number of cyclic esters (lactones) is 1. The van der Waals surface area contributed by atoms with Gasteiger partial charge in [0.15, 0.2) is 0 Å². The molecule has 1 heterocycles. The quantitative estimate of drug-likeness (QED) is 0.674. The summed E-state index contributed by atoms with van der Waals surface area (Å²) in [5.74, 6) is 0. The number of rotatable bonds is 4. The van der Waals surface area contributed by atoms with Crippen molar-refractivity contribution in [3.63, 3.8) is 0 Å². The first-order valence-electron chi connectivity index (χ1n) is 4.36. The standard InChI is InChI=1S/C10H15NO2/c1-4-6-10(7-5-2)8(3)11-9(12)13-10/h4-5,8H,1-2,6-7H2,3H3,(H,11,12). The highest BCUT2D eigenvalue weighted by Crippen LogP contribution is 2.30. The number of carbonyl (C=O) groups excluding carboxylic acids is 1. The van der Waals surface area contributed by atoms with E-state index in [1.54, 1.807) is 12.2 Å². The molecule has 1 aliphatic heterocycles. The lowest BCUT2D eigenvalue weighted by molar-refractivity contribution is 0.0446. The predicted molar refractivity (Wildman–Crippen MR) is 51.4 cm³/mol. The molecule has 0 radical (unpaired) electrons. The van der Waals surface area contributed by atoms with Gasteiger partial charge in [-0.05, 0) is 6.92 Å². The van der Waals surface area contributed by atoms with Crippen LogP contribution in [0, 0.1) is 0 Å². The van der Waals surface area contributed by atoms with Crippen molar-refractivity contribution >= 4 is 6.09 Å². The fourth-order valence-corrected chi connectivity index (χ4v) is 1.62. The Bertz CT molecular complexity index is 225. The minimum atomic E-state index is -0.472. The Kier molecular flexibility index (Phi) is 2.76. The Morgan fingerprint density at radius 3 is 2.38 bits per heavy atom. The van der Waals surface area contributed by atoms with Crippen LogP contribution >= 0.6 is 0 Å². The molecule has 1 N–H and O–H groups in total. The molecule has 1 unspecified atom stereocenters. The van der Waals surface area contributed by atoms with Gasteiger partial charge in [-0.25, -0.2) is 4.79 Å². The number of alkyl carbamates (subject to hydrolysis) is 1. The fraction of sp³-hybridized carbons (Fsp3) is 0.500. The average Bonchev–Trinajstić information content (AvgIpc) is 2.28. The molecule has 1 amide bonds. The number of ether oxygens (including phenoxy) is 1. The van der Waals surface area contributed by atoms with Crippen LogP contribution in [0.2, 0.25) is 0 Å². The van der Waals surface area contributed by atoms with Crippen LogP contribution in [0.25, 0.3) is 0 Å². The number of hydrogen-bond acceptors (Lipinski definition) is 2. The van der Waals surface area contributed by atoms with Crippen molar-refractivity contribution in [2.24, 2.45) is 0 Å². The minimum Gasteiger partial charge on any atom is -0.440 e. The first-order valence-corrected chi connectivity index (χ1v) is 4.36. The molecule has 72 valence electrons. The van der Waals surface area contributed by atoms with Crippen molar-refractivity contribution in [1.29, 1.82) is 0 Å². The lowest BCUT2D eigenvalue weighted by Gasteiger charge is -2.28. The summed E-state index contributed by atoms with van der Waals surface area (Å²) in [6.07, 6.45) is 4.48. The van der Waals surface area contributed by atoms with Crippen molar-refractivity contribution in [3.8, 4) is 0 Å². The maximum absolute atomic E-state index is 11.0. The second-order valence-electron chi connectivity index (χ2n) is 3.31. The minimum absolute atomic E-state index is 0.0102. The van der Waals surface area contributed by atoms with Crippen LogP contribution < -0.4 is 5.32 Å². The molecule has 1 saturated heterocycles. The average molecular weight is 181 g/mol. The Morgan fingerprint density at radius 2 is 2.08 bits per heavy atom. The molecule has 3 heteroatoms. The maximum atomic E-state index is 11.0. The predicted octanol–water partition coefficient (Wildman–Crippen LogP) is 2.01. The summed E-state index contributed by atoms with van der Waals surface area (Å²) < 4.78 is 5.25. The first kappa shape index (κ1) is 9.84. The van der Waals surface area contributed by atoms with E-state index in [4.69, 9.17) is 4.74 Å². The summed E-state index contributed by atoms with van der Waals surface area (Å²) >= 11 is 0. The highest BCUT2D eigenvalue weighted by Gasteiger charge is 2.44. The molecular formula is C10H15NO2. The van der Waals surface area contributed by atoms with Crippen LogP contribution in [0.5, 0.6) is 0 Å². The van der Waals surface area contributed by atoms with Crippen molar-refractivity contribution in [2.75, 3.05) is 0 Å². The Hall–Kier alpha value is -1.25. The number of carbonyl (C=O) groups is 1. The van der Waals surface area contributed by atoms with Gasteiger partial charge in [0, 0.05) is 12.8 Å². The zero-order valence-electron chi connectivity index (χ0n) is 7.88. The molecule has 1 aliphatic rings. The van der Waals surface area contributed by atoms with Gasteiger partial charge in [-0.2, -0.15) is 0 Å². The normalized spacial score (nSPS) is 24.7. The first-order chi connectivity index (χ1) is 6.14. The lowest BCUT2D eigenvalue weighted by atomic mass is 9.89. The van der Waals surface area contributed by atoms with Gasteiger partial charge in [0.25, 0.3) is 0 Å². The second-order valence-corrected chi connectivity index (χ2v) is 3.31. The molecule has 1 atom stereocenters. The lowest BCUT2D eigenvalue weighted by Crippen LogP contribution is -2.40. The van der Waals surface area contributed by atoms with Crippen LogP contribution in [0.3, 0.4) is 0 Å².